The summed E-state index contributed by atoms with van der Waals surface area (Å²) < 4.78 is 28.1. The first-order chi connectivity index (χ1) is 11.6. The van der Waals surface area contributed by atoms with Gasteiger partial charge < -0.3 is 0 Å². The van der Waals surface area contributed by atoms with Crippen molar-refractivity contribution in [2.75, 3.05) is 0 Å². The van der Waals surface area contributed by atoms with Crippen molar-refractivity contribution in [1.82, 2.24) is 19.1 Å². The first-order valence-corrected chi connectivity index (χ1v) is 8.13. The second kappa shape index (κ2) is 6.96. The quantitative estimate of drug-likeness (QED) is 0.389. The number of para-hydroxylation sites is 1. The van der Waals surface area contributed by atoms with E-state index in [-0.39, 0.29) is 17.1 Å². The average molecular weight is 348 g/mol. The molecule has 0 amide bonds. The number of fused-ring (bicyclic) bond motifs is 1. The Morgan fingerprint density at radius 2 is 2.12 bits per heavy atom. The van der Waals surface area contributed by atoms with Crippen LogP contribution in [0, 0.1) is 0 Å². The minimum atomic E-state index is -2.65. The Labute approximate surface area is 140 Å². The Balaban J connectivity index is 1.98. The molecule has 0 atom stereocenters. The molecule has 3 aromatic rings. The van der Waals surface area contributed by atoms with Gasteiger partial charge in [0.15, 0.2) is 5.16 Å². The van der Waals surface area contributed by atoms with E-state index in [1.807, 2.05) is 0 Å². The molecular formula is C16H14F2N4OS. The van der Waals surface area contributed by atoms with Crippen LogP contribution in [0.2, 0.25) is 0 Å². The number of nitrogens with zero attached hydrogens (tertiary/aromatic N) is 4. The van der Waals surface area contributed by atoms with Crippen molar-refractivity contribution in [2.45, 2.75) is 24.0 Å². The monoisotopic (exact) mass is 348 g/mol. The number of benzene rings is 1. The summed E-state index contributed by atoms with van der Waals surface area (Å²) in [5.74, 6) is 0.404. The molecule has 0 unspecified atom stereocenters. The largest absolute Gasteiger partial charge is 0.319 e. The van der Waals surface area contributed by atoms with Crippen LogP contribution in [0.15, 0.2) is 59.3 Å². The van der Waals surface area contributed by atoms with Crippen molar-refractivity contribution in [1.29, 1.82) is 0 Å². The second-order valence-corrected chi connectivity index (χ2v) is 5.88. The van der Waals surface area contributed by atoms with Gasteiger partial charge in [-0.15, -0.1) is 6.58 Å². The van der Waals surface area contributed by atoms with Gasteiger partial charge in [0.25, 0.3) is 5.56 Å². The lowest BCUT2D eigenvalue weighted by atomic mass is 10.2. The molecule has 2 aromatic heterocycles. The Morgan fingerprint density at radius 3 is 2.88 bits per heavy atom. The summed E-state index contributed by atoms with van der Waals surface area (Å²) in [6.45, 7) is 1.30. The predicted molar refractivity (Wildman–Crippen MR) is 89.2 cm³/mol. The molecule has 0 aliphatic rings. The van der Waals surface area contributed by atoms with E-state index in [4.69, 9.17) is 0 Å². The normalized spacial score (nSPS) is 11.3. The molecule has 3 rings (SSSR count). The van der Waals surface area contributed by atoms with E-state index in [2.05, 4.69) is 16.5 Å². The summed E-state index contributed by atoms with van der Waals surface area (Å²) in [6.07, 6.45) is 4.15. The van der Waals surface area contributed by atoms with E-state index in [0.29, 0.717) is 22.6 Å². The van der Waals surface area contributed by atoms with Gasteiger partial charge >= 0.3 is 6.55 Å². The Morgan fingerprint density at radius 1 is 1.33 bits per heavy atom. The maximum Gasteiger partial charge on any atom is 0.319 e. The molecule has 8 heteroatoms. The fraction of sp³-hybridized carbons (Fsp3) is 0.188. The van der Waals surface area contributed by atoms with Crippen LogP contribution in [0.5, 0.6) is 0 Å². The van der Waals surface area contributed by atoms with Crippen LogP contribution >= 0.6 is 11.8 Å². The lowest BCUT2D eigenvalue weighted by Gasteiger charge is -2.11. The smallest absolute Gasteiger partial charge is 0.283 e. The van der Waals surface area contributed by atoms with Gasteiger partial charge in [0, 0.05) is 18.9 Å². The van der Waals surface area contributed by atoms with Crippen LogP contribution in [0.1, 0.15) is 12.4 Å². The van der Waals surface area contributed by atoms with Crippen molar-refractivity contribution in [2.24, 2.45) is 0 Å². The van der Waals surface area contributed by atoms with Crippen molar-refractivity contribution in [3.05, 3.63) is 65.5 Å². The van der Waals surface area contributed by atoms with Crippen molar-refractivity contribution >= 4 is 22.7 Å². The SMILES string of the molecule is C=CCn1c(SCc2nccn2C(F)F)nc2ccccc2c1=O. The molecule has 2 heterocycles. The third-order valence-electron chi connectivity index (χ3n) is 3.43. The lowest BCUT2D eigenvalue weighted by molar-refractivity contribution is 0.0678. The summed E-state index contributed by atoms with van der Waals surface area (Å²) in [5, 5.41) is 0.959. The van der Waals surface area contributed by atoms with E-state index in [9.17, 15) is 13.6 Å². The number of imidazole rings is 1. The topological polar surface area (TPSA) is 52.7 Å². The molecule has 0 saturated heterocycles. The van der Waals surface area contributed by atoms with Crippen molar-refractivity contribution in [3.8, 4) is 0 Å². The van der Waals surface area contributed by atoms with E-state index < -0.39 is 6.55 Å². The number of hydrogen-bond donors (Lipinski definition) is 0. The first kappa shape index (κ1) is 16.4. The number of alkyl halides is 2. The summed E-state index contributed by atoms with van der Waals surface area (Å²) in [6, 6.07) is 7.03. The molecule has 1 aromatic carbocycles. The molecule has 24 heavy (non-hydrogen) atoms. The molecule has 0 N–H and O–H groups in total. The average Bonchev–Trinajstić information content (AvgIpc) is 3.05. The van der Waals surface area contributed by atoms with Gasteiger partial charge in [0.1, 0.15) is 5.82 Å². The molecular weight excluding hydrogens is 334 g/mol. The fourth-order valence-corrected chi connectivity index (χ4v) is 3.27. The maximum absolute atomic E-state index is 12.9. The second-order valence-electron chi connectivity index (χ2n) is 4.93. The van der Waals surface area contributed by atoms with Gasteiger partial charge in [0.2, 0.25) is 0 Å². The van der Waals surface area contributed by atoms with E-state index >= 15 is 0 Å². The highest BCUT2D eigenvalue weighted by Crippen LogP contribution is 2.23. The number of halogens is 2. The van der Waals surface area contributed by atoms with Gasteiger partial charge in [-0.1, -0.05) is 30.0 Å². The molecule has 0 aliphatic heterocycles. The highest BCUT2D eigenvalue weighted by atomic mass is 32.2. The van der Waals surface area contributed by atoms with Crippen LogP contribution in [-0.4, -0.2) is 19.1 Å². The number of allylic oxidation sites excluding steroid dienone is 1. The van der Waals surface area contributed by atoms with Crippen molar-refractivity contribution in [3.63, 3.8) is 0 Å². The lowest BCUT2D eigenvalue weighted by Crippen LogP contribution is -2.22. The van der Waals surface area contributed by atoms with Gasteiger partial charge in [-0.3, -0.25) is 13.9 Å². The van der Waals surface area contributed by atoms with Crippen LogP contribution in [0.3, 0.4) is 0 Å². The zero-order valence-corrected chi connectivity index (χ0v) is 13.4. The number of thioether (sulfide) groups is 1. The summed E-state index contributed by atoms with van der Waals surface area (Å²) in [7, 11) is 0. The van der Waals surface area contributed by atoms with Crippen LogP contribution in [-0.2, 0) is 12.3 Å². The molecule has 0 saturated carbocycles. The Kier molecular flexibility index (Phi) is 4.75. The Hall–Kier alpha value is -2.48. The van der Waals surface area contributed by atoms with E-state index in [1.54, 1.807) is 30.3 Å². The van der Waals surface area contributed by atoms with Crippen LogP contribution < -0.4 is 5.56 Å². The van der Waals surface area contributed by atoms with Gasteiger partial charge in [-0.05, 0) is 12.1 Å². The molecule has 0 radical (unpaired) electrons. The molecule has 124 valence electrons. The molecule has 0 spiro atoms. The van der Waals surface area contributed by atoms with Gasteiger partial charge in [-0.25, -0.2) is 9.97 Å². The maximum atomic E-state index is 12.9. The number of rotatable bonds is 6. The highest BCUT2D eigenvalue weighted by molar-refractivity contribution is 7.98. The van der Waals surface area contributed by atoms with Crippen molar-refractivity contribution < 1.29 is 8.78 Å². The summed E-state index contributed by atoms with van der Waals surface area (Å²) in [4.78, 5) is 21.0. The predicted octanol–water partition coefficient (Wildman–Crippen LogP) is 3.47. The minimum Gasteiger partial charge on any atom is -0.283 e. The molecule has 0 aliphatic carbocycles. The molecule has 0 fully saturated rings. The van der Waals surface area contributed by atoms with Crippen LogP contribution in [0.4, 0.5) is 8.78 Å². The Bertz CT molecular complexity index is 935. The third kappa shape index (κ3) is 3.09. The number of aromatic nitrogens is 4. The summed E-state index contributed by atoms with van der Waals surface area (Å²) >= 11 is 1.19. The zero-order chi connectivity index (χ0) is 17.1. The van der Waals surface area contributed by atoms with Gasteiger partial charge in [0.05, 0.1) is 16.7 Å². The highest BCUT2D eigenvalue weighted by Gasteiger charge is 2.15. The fourth-order valence-electron chi connectivity index (χ4n) is 2.31. The van der Waals surface area contributed by atoms with Gasteiger partial charge in [-0.2, -0.15) is 8.78 Å². The van der Waals surface area contributed by atoms with E-state index in [1.165, 1.54) is 28.7 Å². The number of hydrogen-bond acceptors (Lipinski definition) is 4. The summed E-state index contributed by atoms with van der Waals surface area (Å²) in [5.41, 5.74) is 0.391. The standard InChI is InChI=1S/C16H14F2N4OS/c1-2-8-22-14(23)11-5-3-4-6-12(11)20-16(22)24-10-13-19-7-9-21(13)15(17)18/h2-7,9,15H,1,8,10H2. The molecule has 0 bridgehead atoms. The third-order valence-corrected chi connectivity index (χ3v) is 4.40. The molecule has 5 nitrogen and oxygen atoms in total. The van der Waals surface area contributed by atoms with Crippen LogP contribution in [0.25, 0.3) is 10.9 Å². The zero-order valence-electron chi connectivity index (χ0n) is 12.6. The minimum absolute atomic E-state index is 0.180. The van der Waals surface area contributed by atoms with E-state index in [0.717, 1.165) is 4.57 Å². The first-order valence-electron chi connectivity index (χ1n) is 7.15.